The first-order valence-corrected chi connectivity index (χ1v) is 42.1. The Morgan fingerprint density at radius 2 is 0.508 bits per heavy atom. The Balaban J connectivity index is 0.622. The molecule has 26 rings (SSSR count). The van der Waals surface area contributed by atoms with Gasteiger partial charge in [0.25, 0.3) is 0 Å². The molecule has 0 aliphatic heterocycles. The molecule has 4 heteroatoms. The fourth-order valence-electron chi connectivity index (χ4n) is 23.5. The Bertz CT molecular complexity index is 7850. The van der Waals surface area contributed by atoms with Gasteiger partial charge >= 0.3 is 0 Å². The van der Waals surface area contributed by atoms with Gasteiger partial charge in [-0.05, 0) is 247 Å². The van der Waals surface area contributed by atoms with E-state index in [9.17, 15) is 0 Å². The second-order valence-corrected chi connectivity index (χ2v) is 34.7. The Morgan fingerprint density at radius 1 is 0.192 bits per heavy atom. The molecule has 0 amide bonds. The molecular weight excluding hydrogens is 1450 g/mol. The molecule has 1 atom stereocenters. The van der Waals surface area contributed by atoms with Crippen LogP contribution in [0.1, 0.15) is 94.5 Å². The molecule has 0 saturated carbocycles. The van der Waals surface area contributed by atoms with Gasteiger partial charge in [-0.25, -0.2) is 0 Å². The van der Waals surface area contributed by atoms with Crippen LogP contribution in [0, 0.1) is 0 Å². The maximum Gasteiger partial charge on any atom is 0.137 e. The van der Waals surface area contributed by atoms with E-state index in [-0.39, 0.29) is 10.8 Å². The molecule has 120 heavy (non-hydrogen) atoms. The summed E-state index contributed by atoms with van der Waals surface area (Å²) in [7, 11) is 0. The van der Waals surface area contributed by atoms with Crippen molar-refractivity contribution in [3.8, 4) is 100 Å². The highest BCUT2D eigenvalue weighted by Gasteiger charge is 2.54. The number of nitrogens with zero attached hydrogens (tertiary/aromatic N) is 2. The largest absolute Gasteiger partial charge is 0.456 e. The molecule has 0 bridgehead atoms. The van der Waals surface area contributed by atoms with Crippen molar-refractivity contribution in [1.29, 1.82) is 0 Å². The number of para-hydroxylation sites is 4. The van der Waals surface area contributed by atoms with Gasteiger partial charge in [0.2, 0.25) is 0 Å². The van der Waals surface area contributed by atoms with Gasteiger partial charge in [-0.15, -0.1) is 0 Å². The summed E-state index contributed by atoms with van der Waals surface area (Å²) in [5.41, 5.74) is 46.2. The second-order valence-electron chi connectivity index (χ2n) is 34.7. The SMILES string of the molecule is CC1(C)c2ccccc2-c2cccc(-c3ccccc3N(c3ccc4c(c3)C3(c5ccccc5-c5cc(-c6ccc7c(c6)-c6cccc(-c8ccccc8N(c8ccc9c(c8)C8(c%10ccccc%10-c%10ccccc%108)c8ccccc8-9)c8cccc9oc%10ccccc%10c89)c6C7(C)C)ccc53)c3ccccc3-4)c3ccc4oc5ccccc5c4c3)c21. The third-order valence-electron chi connectivity index (χ3n) is 28.3. The minimum Gasteiger partial charge on any atom is -0.456 e. The van der Waals surface area contributed by atoms with Crippen molar-refractivity contribution in [2.75, 3.05) is 9.80 Å². The molecule has 2 spiro atoms. The highest BCUT2D eigenvalue weighted by molar-refractivity contribution is 6.15. The van der Waals surface area contributed by atoms with Crippen molar-refractivity contribution < 1.29 is 8.83 Å². The summed E-state index contributed by atoms with van der Waals surface area (Å²) in [6.07, 6.45) is 0. The van der Waals surface area contributed by atoms with Crippen molar-refractivity contribution in [2.24, 2.45) is 0 Å². The zero-order valence-corrected chi connectivity index (χ0v) is 66.7. The van der Waals surface area contributed by atoms with Gasteiger partial charge < -0.3 is 18.6 Å². The summed E-state index contributed by atoms with van der Waals surface area (Å²) in [6, 6.07) is 147. The van der Waals surface area contributed by atoms with E-state index in [1.807, 2.05) is 0 Å². The van der Waals surface area contributed by atoms with Gasteiger partial charge in [0.1, 0.15) is 22.3 Å². The quantitative estimate of drug-likeness (QED) is 0.144. The van der Waals surface area contributed by atoms with Crippen LogP contribution < -0.4 is 9.80 Å². The van der Waals surface area contributed by atoms with E-state index in [1.165, 1.54) is 161 Å². The standard InChI is InChI=1S/C116H76N2O2/c1-113(2)93-42-15-5-32-78(93)85-38-25-39-86(111(85)113)82-34-11-21-48-103(82)117(71-58-63-108-92(66-71)84-36-13-23-51-106(84)119-108)72-56-59-80-77-31-9-19-46-98(77)116(101(80)67-72)99-47-20-10-33-79(99)90-64-70(55-62-100(90)116)69-54-61-94-91(65-69)88-41-26-40-87(112(88)114(94,3)4)83-35-12-22-49-104(83)118(105-50-27-53-109-110(105)89-37-14-24-52-107(89)120-109)73-57-60-81-76-30-8-18-45-97(76)115(102(81)68-73)95-43-16-6-28-74(95)75-29-7-17-44-96(75)115/h5-68H,1-4H3. The molecule has 4 nitrogen and oxygen atoms in total. The minimum atomic E-state index is -0.649. The molecule has 0 N–H and O–H groups in total. The average Bonchev–Trinajstić information content (AvgIpc) is 1.51. The maximum atomic E-state index is 6.81. The van der Waals surface area contributed by atoms with Crippen molar-refractivity contribution in [1.82, 2.24) is 0 Å². The van der Waals surface area contributed by atoms with Crippen LogP contribution in [0.15, 0.2) is 397 Å². The number of anilines is 6. The van der Waals surface area contributed by atoms with Crippen molar-refractivity contribution >= 4 is 78.0 Å². The summed E-state index contributed by atoms with van der Waals surface area (Å²) in [5.74, 6) is 0. The molecule has 2 aromatic heterocycles. The molecule has 0 fully saturated rings. The summed E-state index contributed by atoms with van der Waals surface area (Å²) in [4.78, 5) is 5.07. The molecule has 18 aromatic carbocycles. The molecule has 0 saturated heterocycles. The lowest BCUT2D eigenvalue weighted by Gasteiger charge is -2.33. The number of hydrogen-bond acceptors (Lipinski definition) is 4. The predicted molar refractivity (Wildman–Crippen MR) is 494 cm³/mol. The van der Waals surface area contributed by atoms with Crippen LogP contribution in [-0.4, -0.2) is 0 Å². The van der Waals surface area contributed by atoms with E-state index in [2.05, 4.69) is 426 Å². The van der Waals surface area contributed by atoms with Crippen LogP contribution >= 0.6 is 0 Å². The molecule has 0 radical (unpaired) electrons. The summed E-state index contributed by atoms with van der Waals surface area (Å²) >= 11 is 0. The number of furan rings is 2. The van der Waals surface area contributed by atoms with E-state index in [0.29, 0.717) is 0 Å². The summed E-state index contributed by atoms with van der Waals surface area (Å²) in [5, 5.41) is 4.33. The lowest BCUT2D eigenvalue weighted by Crippen LogP contribution is -2.26. The first kappa shape index (κ1) is 67.3. The van der Waals surface area contributed by atoms with E-state index in [1.54, 1.807) is 0 Å². The molecule has 2 heterocycles. The average molecular weight is 1530 g/mol. The van der Waals surface area contributed by atoms with Crippen molar-refractivity contribution in [2.45, 2.75) is 49.4 Å². The fourth-order valence-corrected chi connectivity index (χ4v) is 23.5. The predicted octanol–water partition coefficient (Wildman–Crippen LogP) is 30.7. The molecule has 6 aliphatic rings. The van der Waals surface area contributed by atoms with Gasteiger partial charge in [0.15, 0.2) is 0 Å². The Hall–Kier alpha value is -14.8. The lowest BCUT2D eigenvalue weighted by molar-refractivity contribution is 0.662. The van der Waals surface area contributed by atoms with Gasteiger partial charge in [-0.1, -0.05) is 325 Å². The molecular formula is C116H76N2O2. The highest BCUT2D eigenvalue weighted by atomic mass is 16.3. The molecule has 1 unspecified atom stereocenters. The Kier molecular flexibility index (Phi) is 13.7. The molecule has 562 valence electrons. The van der Waals surface area contributed by atoms with E-state index in [0.717, 1.165) is 83.6 Å². The molecule has 20 aromatic rings. The molecule has 6 aliphatic carbocycles. The fraction of sp³-hybridized carbons (Fsp3) is 0.0690. The third kappa shape index (κ3) is 8.78. The first-order valence-electron chi connectivity index (χ1n) is 42.1. The van der Waals surface area contributed by atoms with Crippen molar-refractivity contribution in [3.63, 3.8) is 0 Å². The van der Waals surface area contributed by atoms with Crippen LogP contribution in [0.2, 0.25) is 0 Å². The maximum absolute atomic E-state index is 6.81. The third-order valence-corrected chi connectivity index (χ3v) is 28.3. The lowest BCUT2D eigenvalue weighted by atomic mass is 9.70. The number of hydrogen-bond donors (Lipinski definition) is 0. The minimum absolute atomic E-state index is 0.242. The van der Waals surface area contributed by atoms with Gasteiger partial charge in [0.05, 0.1) is 33.3 Å². The number of fused-ring (bicyclic) bond motifs is 32. The van der Waals surface area contributed by atoms with Crippen LogP contribution in [0.25, 0.3) is 144 Å². The highest BCUT2D eigenvalue weighted by Crippen LogP contribution is 2.67. The monoisotopic (exact) mass is 1530 g/mol. The number of benzene rings is 18. The summed E-state index contributed by atoms with van der Waals surface area (Å²) < 4.78 is 13.4. The zero-order valence-electron chi connectivity index (χ0n) is 66.7. The van der Waals surface area contributed by atoms with Crippen LogP contribution in [0.3, 0.4) is 0 Å². The summed E-state index contributed by atoms with van der Waals surface area (Å²) in [6.45, 7) is 9.68. The Morgan fingerprint density at radius 3 is 1.05 bits per heavy atom. The van der Waals surface area contributed by atoms with E-state index < -0.39 is 10.8 Å². The second kappa shape index (κ2) is 24.4. The van der Waals surface area contributed by atoms with E-state index in [4.69, 9.17) is 8.83 Å². The van der Waals surface area contributed by atoms with Gasteiger partial charge in [-0.2, -0.15) is 0 Å². The Labute approximate surface area is 696 Å². The van der Waals surface area contributed by atoms with E-state index >= 15 is 0 Å². The van der Waals surface area contributed by atoms with Crippen LogP contribution in [0.4, 0.5) is 34.1 Å². The van der Waals surface area contributed by atoms with Crippen LogP contribution in [-0.2, 0) is 21.7 Å². The number of rotatable bonds is 9. The smallest absolute Gasteiger partial charge is 0.137 e. The van der Waals surface area contributed by atoms with Crippen LogP contribution in [0.5, 0.6) is 0 Å². The normalized spacial score (nSPS) is 15.4. The van der Waals surface area contributed by atoms with Gasteiger partial charge in [-0.3, -0.25) is 0 Å². The first-order chi connectivity index (χ1) is 59.0. The van der Waals surface area contributed by atoms with Crippen molar-refractivity contribution in [3.05, 3.63) is 455 Å². The zero-order chi connectivity index (χ0) is 79.2. The van der Waals surface area contributed by atoms with Gasteiger partial charge in [0, 0.05) is 55.2 Å². The topological polar surface area (TPSA) is 32.8 Å².